The molecule has 1 atom stereocenters. The Morgan fingerprint density at radius 2 is 1.64 bits per heavy atom. The second-order valence-corrected chi connectivity index (χ2v) is 6.99. The van der Waals surface area contributed by atoms with E-state index in [4.69, 9.17) is 0 Å². The summed E-state index contributed by atoms with van der Waals surface area (Å²) in [6.07, 6.45) is 3.48. The van der Waals surface area contributed by atoms with Crippen molar-refractivity contribution in [2.24, 2.45) is 0 Å². The zero-order valence-corrected chi connectivity index (χ0v) is 15.4. The van der Waals surface area contributed by atoms with Crippen molar-refractivity contribution in [1.29, 1.82) is 0 Å². The molecule has 25 heavy (non-hydrogen) atoms. The number of carbonyl (C=O) groups is 2. The van der Waals surface area contributed by atoms with Crippen LogP contribution in [0.15, 0.2) is 24.3 Å². The van der Waals surface area contributed by atoms with Gasteiger partial charge in [-0.2, -0.15) is 0 Å². The third-order valence-electron chi connectivity index (χ3n) is 5.52. The normalized spacial score (nSPS) is 20.9. The Kier molecular flexibility index (Phi) is 5.74. The number of hydrogen-bond donors (Lipinski definition) is 0. The molecule has 0 radical (unpaired) electrons. The SMILES string of the molecule is CCN(CC)C(=O)c1ccc(C(=O)N2CCCN3CCC[C@@H]3C2)cc1. The predicted molar refractivity (Wildman–Crippen MR) is 98.8 cm³/mol. The van der Waals surface area contributed by atoms with Crippen molar-refractivity contribution in [3.8, 4) is 0 Å². The van der Waals surface area contributed by atoms with Gasteiger partial charge in [0.05, 0.1) is 0 Å². The van der Waals surface area contributed by atoms with Gasteiger partial charge in [-0.15, -0.1) is 0 Å². The molecule has 0 bridgehead atoms. The number of hydrogen-bond acceptors (Lipinski definition) is 3. The lowest BCUT2D eigenvalue weighted by atomic mass is 10.1. The van der Waals surface area contributed by atoms with Crippen molar-refractivity contribution in [2.75, 3.05) is 39.3 Å². The Balaban J connectivity index is 1.69. The van der Waals surface area contributed by atoms with Crippen LogP contribution in [0.1, 0.15) is 53.8 Å². The molecule has 0 aromatic heterocycles. The van der Waals surface area contributed by atoms with Crippen LogP contribution in [0, 0.1) is 0 Å². The quantitative estimate of drug-likeness (QED) is 0.844. The van der Waals surface area contributed by atoms with Crippen LogP contribution >= 0.6 is 0 Å². The molecule has 0 aliphatic carbocycles. The fraction of sp³-hybridized carbons (Fsp3) is 0.600. The van der Waals surface area contributed by atoms with Crippen LogP contribution in [0.2, 0.25) is 0 Å². The maximum Gasteiger partial charge on any atom is 0.253 e. The minimum atomic E-state index is 0.0281. The van der Waals surface area contributed by atoms with Crippen LogP contribution < -0.4 is 0 Å². The first-order valence-corrected chi connectivity index (χ1v) is 9.56. The van der Waals surface area contributed by atoms with E-state index in [1.807, 2.05) is 18.7 Å². The second-order valence-electron chi connectivity index (χ2n) is 6.99. The lowest BCUT2D eigenvalue weighted by Gasteiger charge is -2.26. The van der Waals surface area contributed by atoms with Crippen molar-refractivity contribution in [3.05, 3.63) is 35.4 Å². The highest BCUT2D eigenvalue weighted by atomic mass is 16.2. The average Bonchev–Trinajstić information content (AvgIpc) is 2.99. The van der Waals surface area contributed by atoms with Crippen LogP contribution in [-0.2, 0) is 0 Å². The van der Waals surface area contributed by atoms with Gasteiger partial charge in [0, 0.05) is 49.9 Å². The van der Waals surface area contributed by atoms with E-state index < -0.39 is 0 Å². The van der Waals surface area contributed by atoms with Gasteiger partial charge in [0.2, 0.25) is 0 Å². The first-order valence-electron chi connectivity index (χ1n) is 9.56. The Labute approximate surface area is 150 Å². The van der Waals surface area contributed by atoms with E-state index in [2.05, 4.69) is 4.90 Å². The smallest absolute Gasteiger partial charge is 0.253 e. The standard InChI is InChI=1S/C20H29N3O2/c1-3-21(4-2)19(24)16-8-10-17(11-9-16)20(25)23-14-6-13-22-12-5-7-18(22)15-23/h8-11,18H,3-7,12-15H2,1-2H3/t18-/m1/s1. The van der Waals surface area contributed by atoms with Crippen LogP contribution in [0.3, 0.4) is 0 Å². The van der Waals surface area contributed by atoms with Crippen LogP contribution in [0.5, 0.6) is 0 Å². The summed E-state index contributed by atoms with van der Waals surface area (Å²) >= 11 is 0. The third kappa shape index (κ3) is 3.87. The molecule has 5 nitrogen and oxygen atoms in total. The zero-order chi connectivity index (χ0) is 17.8. The number of benzene rings is 1. The van der Waals surface area contributed by atoms with Crippen molar-refractivity contribution in [2.45, 2.75) is 39.2 Å². The number of amides is 2. The monoisotopic (exact) mass is 343 g/mol. The molecule has 0 unspecified atom stereocenters. The molecule has 2 fully saturated rings. The summed E-state index contributed by atoms with van der Waals surface area (Å²) in [6, 6.07) is 7.70. The molecule has 2 saturated heterocycles. The van der Waals surface area contributed by atoms with E-state index in [-0.39, 0.29) is 11.8 Å². The molecule has 2 aliphatic rings. The molecule has 2 heterocycles. The Morgan fingerprint density at radius 1 is 1.00 bits per heavy atom. The topological polar surface area (TPSA) is 43.9 Å². The Hall–Kier alpha value is -1.88. The van der Waals surface area contributed by atoms with Crippen molar-refractivity contribution < 1.29 is 9.59 Å². The van der Waals surface area contributed by atoms with Gasteiger partial charge in [0.25, 0.3) is 11.8 Å². The zero-order valence-electron chi connectivity index (χ0n) is 15.4. The first kappa shape index (κ1) is 17.9. The minimum Gasteiger partial charge on any atom is -0.339 e. The van der Waals surface area contributed by atoms with Gasteiger partial charge in [-0.05, 0) is 63.9 Å². The van der Waals surface area contributed by atoms with E-state index in [1.165, 1.54) is 19.4 Å². The number of fused-ring (bicyclic) bond motifs is 1. The minimum absolute atomic E-state index is 0.0281. The van der Waals surface area contributed by atoms with E-state index >= 15 is 0 Å². The van der Waals surface area contributed by atoms with Gasteiger partial charge >= 0.3 is 0 Å². The van der Waals surface area contributed by atoms with Crippen molar-refractivity contribution in [3.63, 3.8) is 0 Å². The van der Waals surface area contributed by atoms with E-state index in [1.54, 1.807) is 29.2 Å². The van der Waals surface area contributed by atoms with Crippen LogP contribution in [0.4, 0.5) is 0 Å². The highest BCUT2D eigenvalue weighted by molar-refractivity contribution is 5.97. The molecular formula is C20H29N3O2. The number of nitrogens with zero attached hydrogens (tertiary/aromatic N) is 3. The molecule has 2 amide bonds. The lowest BCUT2D eigenvalue weighted by Crippen LogP contribution is -2.39. The first-order chi connectivity index (χ1) is 12.1. The predicted octanol–water partition coefficient (Wildman–Crippen LogP) is 2.48. The summed E-state index contributed by atoms with van der Waals surface area (Å²) in [5, 5.41) is 0. The molecule has 136 valence electrons. The van der Waals surface area contributed by atoms with E-state index in [9.17, 15) is 9.59 Å². The lowest BCUT2D eigenvalue weighted by molar-refractivity contribution is 0.0739. The molecule has 0 spiro atoms. The average molecular weight is 343 g/mol. The van der Waals surface area contributed by atoms with Gasteiger partial charge in [-0.1, -0.05) is 0 Å². The van der Waals surface area contributed by atoms with Gasteiger partial charge in [-0.3, -0.25) is 14.5 Å². The maximum absolute atomic E-state index is 12.9. The summed E-state index contributed by atoms with van der Waals surface area (Å²) in [4.78, 5) is 31.6. The Bertz CT molecular complexity index is 610. The fourth-order valence-electron chi connectivity index (χ4n) is 4.02. The van der Waals surface area contributed by atoms with Crippen LogP contribution in [-0.4, -0.2) is 71.8 Å². The van der Waals surface area contributed by atoms with Gasteiger partial charge < -0.3 is 9.80 Å². The maximum atomic E-state index is 12.9. The van der Waals surface area contributed by atoms with Gasteiger partial charge in [0.1, 0.15) is 0 Å². The molecule has 0 N–H and O–H groups in total. The van der Waals surface area contributed by atoms with Crippen molar-refractivity contribution in [1.82, 2.24) is 14.7 Å². The second kappa shape index (κ2) is 8.00. The largest absolute Gasteiger partial charge is 0.339 e. The molecule has 1 aromatic rings. The molecule has 1 aromatic carbocycles. The highest BCUT2D eigenvalue weighted by Crippen LogP contribution is 2.22. The van der Waals surface area contributed by atoms with Crippen molar-refractivity contribution >= 4 is 11.8 Å². The van der Waals surface area contributed by atoms with E-state index in [0.717, 1.165) is 26.1 Å². The van der Waals surface area contributed by atoms with Gasteiger partial charge in [-0.25, -0.2) is 0 Å². The van der Waals surface area contributed by atoms with Gasteiger partial charge in [0.15, 0.2) is 0 Å². The summed E-state index contributed by atoms with van der Waals surface area (Å²) < 4.78 is 0. The molecule has 2 aliphatic heterocycles. The summed E-state index contributed by atoms with van der Waals surface area (Å²) in [5.74, 6) is 0.121. The number of carbonyl (C=O) groups excluding carboxylic acids is 2. The van der Waals surface area contributed by atoms with Crippen LogP contribution in [0.25, 0.3) is 0 Å². The third-order valence-corrected chi connectivity index (χ3v) is 5.52. The number of rotatable bonds is 4. The summed E-state index contributed by atoms with van der Waals surface area (Å²) in [5.41, 5.74) is 1.33. The highest BCUT2D eigenvalue weighted by Gasteiger charge is 2.30. The Morgan fingerprint density at radius 3 is 2.32 bits per heavy atom. The fourth-order valence-corrected chi connectivity index (χ4v) is 4.02. The molecular weight excluding hydrogens is 314 g/mol. The molecule has 3 rings (SSSR count). The molecule has 0 saturated carbocycles. The summed E-state index contributed by atoms with van der Waals surface area (Å²) in [6.45, 7) is 9.28. The summed E-state index contributed by atoms with van der Waals surface area (Å²) in [7, 11) is 0. The van der Waals surface area contributed by atoms with E-state index in [0.29, 0.717) is 30.3 Å². The molecule has 5 heteroatoms.